The van der Waals surface area contributed by atoms with Crippen molar-refractivity contribution in [2.45, 2.75) is 25.7 Å². The lowest BCUT2D eigenvalue weighted by atomic mass is 9.85. The van der Waals surface area contributed by atoms with Gasteiger partial charge in [-0.25, -0.2) is 0 Å². The number of benzene rings is 4. The zero-order chi connectivity index (χ0) is 25.3. The van der Waals surface area contributed by atoms with E-state index in [4.69, 9.17) is 0 Å². The Labute approximate surface area is 211 Å². The molecule has 0 amide bonds. The number of hydrogen-bond donors (Lipinski definition) is 2. The molecule has 4 nitrogen and oxygen atoms in total. The average molecular weight is 479 g/mol. The maximum absolute atomic E-state index is 12.2. The maximum Gasteiger partial charge on any atom is 0.306 e. The SMILES string of the molecule is O=C(O)C(CCC(Cc1ccccc1-c1ccccc1)C(=O)O)Cc1ccccc1-c1ccccc1. The first-order valence-electron chi connectivity index (χ1n) is 12.2. The van der Waals surface area contributed by atoms with Crippen molar-refractivity contribution in [3.63, 3.8) is 0 Å². The van der Waals surface area contributed by atoms with E-state index in [9.17, 15) is 19.8 Å². The molecule has 0 aliphatic heterocycles. The molecule has 0 spiro atoms. The van der Waals surface area contributed by atoms with Crippen molar-refractivity contribution in [1.82, 2.24) is 0 Å². The summed E-state index contributed by atoms with van der Waals surface area (Å²) >= 11 is 0. The summed E-state index contributed by atoms with van der Waals surface area (Å²) in [6, 6.07) is 35.5. The quantitative estimate of drug-likeness (QED) is 0.244. The molecule has 2 unspecified atom stereocenters. The molecule has 0 heterocycles. The standard InChI is InChI=1S/C32H30O4/c33-31(34)27(21-25-15-7-9-17-29(25)23-11-3-1-4-12-23)19-20-28(32(35)36)22-26-16-8-10-18-30(26)24-13-5-2-6-14-24/h1-18,27-28H,19-22H2,(H,33,34)(H,35,36). The second kappa shape index (κ2) is 12.0. The topological polar surface area (TPSA) is 74.6 Å². The second-order valence-electron chi connectivity index (χ2n) is 9.10. The van der Waals surface area contributed by atoms with Crippen LogP contribution in [0.3, 0.4) is 0 Å². The van der Waals surface area contributed by atoms with E-state index >= 15 is 0 Å². The Bertz CT molecular complexity index is 1200. The van der Waals surface area contributed by atoms with Gasteiger partial charge in [0.2, 0.25) is 0 Å². The Morgan fingerprint density at radius 1 is 0.500 bits per heavy atom. The molecule has 182 valence electrons. The monoisotopic (exact) mass is 478 g/mol. The third-order valence-electron chi connectivity index (χ3n) is 6.70. The largest absolute Gasteiger partial charge is 0.481 e. The normalized spacial score (nSPS) is 12.6. The van der Waals surface area contributed by atoms with E-state index in [-0.39, 0.29) is 0 Å². The van der Waals surface area contributed by atoms with Crippen LogP contribution in [-0.2, 0) is 22.4 Å². The molecule has 0 fully saturated rings. The Balaban J connectivity index is 1.51. The summed E-state index contributed by atoms with van der Waals surface area (Å²) in [5.41, 5.74) is 6.01. The first kappa shape index (κ1) is 24.9. The lowest BCUT2D eigenvalue weighted by molar-refractivity contribution is -0.145. The van der Waals surface area contributed by atoms with E-state index in [1.54, 1.807) is 0 Å². The number of hydrogen-bond acceptors (Lipinski definition) is 2. The summed E-state index contributed by atoms with van der Waals surface area (Å²) in [7, 11) is 0. The number of rotatable bonds is 11. The molecule has 0 saturated heterocycles. The lowest BCUT2D eigenvalue weighted by Gasteiger charge is -2.19. The van der Waals surface area contributed by atoms with Crippen LogP contribution in [-0.4, -0.2) is 22.2 Å². The van der Waals surface area contributed by atoms with Gasteiger partial charge in [0.05, 0.1) is 11.8 Å². The summed E-state index contributed by atoms with van der Waals surface area (Å²) < 4.78 is 0. The maximum atomic E-state index is 12.2. The minimum Gasteiger partial charge on any atom is -0.481 e. The van der Waals surface area contributed by atoms with Gasteiger partial charge < -0.3 is 10.2 Å². The highest BCUT2D eigenvalue weighted by molar-refractivity contribution is 5.74. The van der Waals surface area contributed by atoms with Gasteiger partial charge in [-0.05, 0) is 59.1 Å². The van der Waals surface area contributed by atoms with Crippen LogP contribution >= 0.6 is 0 Å². The summed E-state index contributed by atoms with van der Waals surface area (Å²) in [4.78, 5) is 24.4. The molecule has 2 N–H and O–H groups in total. The van der Waals surface area contributed by atoms with Crippen LogP contribution < -0.4 is 0 Å². The number of carboxylic acid groups (broad SMARTS) is 2. The Morgan fingerprint density at radius 3 is 1.19 bits per heavy atom. The highest BCUT2D eigenvalue weighted by Gasteiger charge is 2.25. The Morgan fingerprint density at radius 2 is 0.833 bits per heavy atom. The van der Waals surface area contributed by atoms with Crippen molar-refractivity contribution in [3.05, 3.63) is 120 Å². The van der Waals surface area contributed by atoms with Crippen LogP contribution in [0.15, 0.2) is 109 Å². The molecule has 0 aromatic heterocycles. The van der Waals surface area contributed by atoms with Crippen molar-refractivity contribution >= 4 is 11.9 Å². The molecule has 0 radical (unpaired) electrons. The zero-order valence-corrected chi connectivity index (χ0v) is 20.1. The predicted octanol–water partition coefficient (Wildman–Crippen LogP) is 6.99. The fraction of sp³-hybridized carbons (Fsp3) is 0.188. The number of carboxylic acids is 2. The Kier molecular flexibility index (Phi) is 8.30. The fourth-order valence-electron chi connectivity index (χ4n) is 4.75. The minimum atomic E-state index is -0.897. The lowest BCUT2D eigenvalue weighted by Crippen LogP contribution is -2.22. The first-order valence-corrected chi connectivity index (χ1v) is 12.2. The van der Waals surface area contributed by atoms with Crippen molar-refractivity contribution in [3.8, 4) is 22.3 Å². The molecule has 36 heavy (non-hydrogen) atoms. The average Bonchev–Trinajstić information content (AvgIpc) is 2.91. The molecule has 2 atom stereocenters. The van der Waals surface area contributed by atoms with Gasteiger partial charge in [0.1, 0.15) is 0 Å². The predicted molar refractivity (Wildman–Crippen MR) is 143 cm³/mol. The van der Waals surface area contributed by atoms with Crippen LogP contribution in [0.4, 0.5) is 0 Å². The van der Waals surface area contributed by atoms with Gasteiger partial charge in [-0.3, -0.25) is 9.59 Å². The van der Waals surface area contributed by atoms with E-state index < -0.39 is 23.8 Å². The third kappa shape index (κ3) is 6.28. The minimum absolute atomic E-state index is 0.295. The van der Waals surface area contributed by atoms with Crippen LogP contribution in [0.1, 0.15) is 24.0 Å². The van der Waals surface area contributed by atoms with Gasteiger partial charge in [-0.2, -0.15) is 0 Å². The van der Waals surface area contributed by atoms with Crippen LogP contribution in [0.25, 0.3) is 22.3 Å². The van der Waals surface area contributed by atoms with Crippen molar-refractivity contribution in [2.24, 2.45) is 11.8 Å². The van der Waals surface area contributed by atoms with E-state index in [0.717, 1.165) is 33.4 Å². The molecule has 4 aromatic carbocycles. The number of carbonyl (C=O) groups is 2. The van der Waals surface area contributed by atoms with Crippen molar-refractivity contribution in [2.75, 3.05) is 0 Å². The summed E-state index contributed by atoms with van der Waals surface area (Å²) in [6.07, 6.45) is 1.30. The van der Waals surface area contributed by atoms with Gasteiger partial charge in [0.15, 0.2) is 0 Å². The summed E-state index contributed by atoms with van der Waals surface area (Å²) in [6.45, 7) is 0. The third-order valence-corrected chi connectivity index (χ3v) is 6.70. The van der Waals surface area contributed by atoms with Gasteiger partial charge in [0.25, 0.3) is 0 Å². The smallest absolute Gasteiger partial charge is 0.306 e. The molecule has 4 heteroatoms. The van der Waals surface area contributed by atoms with Gasteiger partial charge in [-0.15, -0.1) is 0 Å². The van der Waals surface area contributed by atoms with Gasteiger partial charge in [-0.1, -0.05) is 109 Å². The summed E-state index contributed by atoms with van der Waals surface area (Å²) in [5, 5.41) is 20.0. The molecule has 0 aliphatic carbocycles. The first-order chi connectivity index (χ1) is 17.5. The molecular formula is C32H30O4. The van der Waals surface area contributed by atoms with Crippen LogP contribution in [0.5, 0.6) is 0 Å². The number of aliphatic carboxylic acids is 2. The van der Waals surface area contributed by atoms with E-state index in [1.807, 2.05) is 109 Å². The van der Waals surface area contributed by atoms with Gasteiger partial charge in [0, 0.05) is 0 Å². The highest BCUT2D eigenvalue weighted by Crippen LogP contribution is 2.30. The van der Waals surface area contributed by atoms with Crippen LogP contribution in [0, 0.1) is 11.8 Å². The zero-order valence-electron chi connectivity index (χ0n) is 20.1. The molecule has 4 aromatic rings. The molecular weight excluding hydrogens is 448 g/mol. The highest BCUT2D eigenvalue weighted by atomic mass is 16.4. The molecule has 0 aliphatic rings. The van der Waals surface area contributed by atoms with Crippen LogP contribution in [0.2, 0.25) is 0 Å². The fourth-order valence-corrected chi connectivity index (χ4v) is 4.75. The van der Waals surface area contributed by atoms with E-state index in [2.05, 4.69) is 0 Å². The van der Waals surface area contributed by atoms with Crippen molar-refractivity contribution in [1.29, 1.82) is 0 Å². The second-order valence-corrected chi connectivity index (χ2v) is 9.10. The van der Waals surface area contributed by atoms with E-state index in [1.165, 1.54) is 0 Å². The van der Waals surface area contributed by atoms with E-state index in [0.29, 0.717) is 25.7 Å². The van der Waals surface area contributed by atoms with Gasteiger partial charge >= 0.3 is 11.9 Å². The van der Waals surface area contributed by atoms with Crippen molar-refractivity contribution < 1.29 is 19.8 Å². The molecule has 4 rings (SSSR count). The molecule has 0 saturated carbocycles. The summed E-state index contributed by atoms with van der Waals surface area (Å²) in [5.74, 6) is -3.12. The Hall–Kier alpha value is -4.18. The molecule has 0 bridgehead atoms.